The van der Waals surface area contributed by atoms with E-state index in [-0.39, 0.29) is 77.5 Å². The van der Waals surface area contributed by atoms with Gasteiger partial charge in [-0.05, 0) is 35.4 Å². The van der Waals surface area contributed by atoms with Crippen LogP contribution in [0.25, 0.3) is 12.2 Å². The highest BCUT2D eigenvalue weighted by atomic mass is 32.2. The van der Waals surface area contributed by atoms with E-state index in [1.807, 2.05) is 9.80 Å². The Morgan fingerprint density at radius 1 is 0.667 bits per heavy atom. The van der Waals surface area contributed by atoms with Crippen LogP contribution in [0.5, 0.6) is 0 Å². The van der Waals surface area contributed by atoms with Gasteiger partial charge in [0, 0.05) is 50.6 Å². The first-order chi connectivity index (χ1) is 27.4. The molecule has 2 aliphatic heterocycles. The molecule has 22 nitrogen and oxygen atoms in total. The second-order valence-corrected chi connectivity index (χ2v) is 15.3. The molecule has 7 N–H and O–H groups in total. The Balaban J connectivity index is 1.29. The van der Waals surface area contributed by atoms with Crippen LogP contribution in [0, 0.1) is 0 Å². The van der Waals surface area contributed by atoms with Crippen LogP contribution in [0.1, 0.15) is 11.1 Å². The zero-order chi connectivity index (χ0) is 40.4. The van der Waals surface area contributed by atoms with Crippen molar-refractivity contribution in [3.05, 3.63) is 47.5 Å². The minimum Gasteiger partial charge on any atom is -0.395 e. The summed E-state index contributed by atoms with van der Waals surface area (Å²) < 4.78 is 77.5. The normalized spacial score (nSPS) is 15.2. The number of anilines is 8. The number of aliphatic hydroxyl groups is 2. The smallest absolute Gasteiger partial charge is 0.297 e. The number of rotatable bonds is 17. The average Bonchev–Trinajstić information content (AvgIpc) is 3.22. The summed E-state index contributed by atoms with van der Waals surface area (Å²) in [6.07, 6.45) is 2.70. The summed E-state index contributed by atoms with van der Waals surface area (Å²) in [5.41, 5.74) is 0.637. The van der Waals surface area contributed by atoms with Gasteiger partial charge in [0.25, 0.3) is 20.2 Å². The van der Waals surface area contributed by atoms with Crippen molar-refractivity contribution in [2.75, 3.05) is 117 Å². The predicted molar refractivity (Wildman–Crippen MR) is 209 cm³/mol. The molecule has 6 rings (SSSR count). The van der Waals surface area contributed by atoms with Gasteiger partial charge in [0.2, 0.25) is 35.7 Å². The van der Waals surface area contributed by atoms with E-state index in [0.717, 1.165) is 7.11 Å². The zero-order valence-corrected chi connectivity index (χ0v) is 32.3. The number of aromatic nitrogens is 6. The van der Waals surface area contributed by atoms with Gasteiger partial charge < -0.3 is 50.8 Å². The van der Waals surface area contributed by atoms with Crippen molar-refractivity contribution < 1.29 is 45.3 Å². The molecule has 0 amide bonds. The second-order valence-electron chi connectivity index (χ2n) is 12.2. The summed E-state index contributed by atoms with van der Waals surface area (Å²) in [5, 5.41) is 30.4. The van der Waals surface area contributed by atoms with E-state index in [9.17, 15) is 31.6 Å². The number of hydrogen-bond donors (Lipinski definition) is 7. The van der Waals surface area contributed by atoms with Gasteiger partial charge in [-0.15, -0.1) is 0 Å². The van der Waals surface area contributed by atoms with Crippen LogP contribution in [0.3, 0.4) is 0 Å². The lowest BCUT2D eigenvalue weighted by molar-refractivity contribution is 0.122. The highest BCUT2D eigenvalue weighted by molar-refractivity contribution is 7.87. The Morgan fingerprint density at radius 2 is 1.09 bits per heavy atom. The zero-order valence-electron chi connectivity index (χ0n) is 30.7. The highest BCUT2D eigenvalue weighted by Crippen LogP contribution is 2.29. The van der Waals surface area contributed by atoms with Crippen LogP contribution in [-0.2, 0) is 33.9 Å². The van der Waals surface area contributed by atoms with Crippen LogP contribution in [0.2, 0.25) is 0 Å². The van der Waals surface area contributed by atoms with Crippen LogP contribution in [-0.4, -0.2) is 148 Å². The lowest BCUT2D eigenvalue weighted by Gasteiger charge is -2.27. The molecule has 0 spiro atoms. The summed E-state index contributed by atoms with van der Waals surface area (Å²) >= 11 is 0. The molecule has 0 atom stereocenters. The molecule has 0 saturated carbocycles. The second kappa shape index (κ2) is 18.7. The molecule has 2 aliphatic rings. The Bertz CT molecular complexity index is 2270. The molecule has 57 heavy (non-hydrogen) atoms. The van der Waals surface area contributed by atoms with Crippen molar-refractivity contribution in [1.29, 1.82) is 0 Å². The van der Waals surface area contributed by atoms with Gasteiger partial charge in [0.1, 0.15) is 9.79 Å². The van der Waals surface area contributed by atoms with Crippen LogP contribution < -0.4 is 31.1 Å². The molecule has 0 bridgehead atoms. The van der Waals surface area contributed by atoms with Crippen molar-refractivity contribution in [1.82, 2.24) is 29.9 Å². The maximum atomic E-state index is 13.2. The van der Waals surface area contributed by atoms with Crippen LogP contribution in [0.15, 0.2) is 46.2 Å². The summed E-state index contributed by atoms with van der Waals surface area (Å²) in [6.45, 7) is 4.08. The largest absolute Gasteiger partial charge is 0.395 e. The molecule has 2 aromatic heterocycles. The third-order valence-corrected chi connectivity index (χ3v) is 10.6. The van der Waals surface area contributed by atoms with Gasteiger partial charge >= 0.3 is 0 Å². The quantitative estimate of drug-likeness (QED) is 0.0439. The van der Waals surface area contributed by atoms with E-state index in [0.29, 0.717) is 64.5 Å². The number of nitrogens with one attached hydrogen (secondary N) is 4. The van der Waals surface area contributed by atoms with Gasteiger partial charge in [-0.25, -0.2) is 0 Å². The molecule has 2 aromatic carbocycles. The predicted octanol–water partition coefficient (Wildman–Crippen LogP) is 0.778. The fourth-order valence-electron chi connectivity index (χ4n) is 5.61. The number of nitrogens with zero attached hydrogens (tertiary/aromatic N) is 8. The number of aliphatic hydroxyl groups excluding tert-OH is 2. The van der Waals surface area contributed by atoms with Gasteiger partial charge in [-0.3, -0.25) is 8.74 Å². The standard InChI is InChI=1S/C33H42N12O10S2/c1-53-57(51,52)27-21-25(37-31-39-29(35-9-15-47)41-33(43-31)45-12-18-55-19-13-45)7-5-23(27)3-2-22-4-6-24(20-26(22)56(48,49)50)36-30-38-28(34-8-14-46)40-32(42-30)44-10-16-54-17-11-44/h2-7,20-21,46-47H,8-19H2,1H3,(H,48,49,50)(H2,34,36,38,40,42)(H2,35,37,39,41,43)/b3-2+. The lowest BCUT2D eigenvalue weighted by atomic mass is 10.1. The van der Waals surface area contributed by atoms with Crippen molar-refractivity contribution in [3.8, 4) is 0 Å². The number of morpholine rings is 2. The van der Waals surface area contributed by atoms with E-state index >= 15 is 0 Å². The molecular weight excluding hydrogens is 789 g/mol. The Kier molecular flexibility index (Phi) is 13.6. The number of hydrogen-bond acceptors (Lipinski definition) is 21. The van der Waals surface area contributed by atoms with Crippen LogP contribution in [0.4, 0.5) is 47.1 Å². The first kappa shape index (κ1) is 41.3. The molecule has 4 heterocycles. The van der Waals surface area contributed by atoms with E-state index < -0.39 is 25.1 Å². The van der Waals surface area contributed by atoms with Crippen molar-refractivity contribution in [3.63, 3.8) is 0 Å². The van der Waals surface area contributed by atoms with Crippen molar-refractivity contribution in [2.45, 2.75) is 9.79 Å². The molecule has 0 aliphatic carbocycles. The Labute approximate surface area is 328 Å². The van der Waals surface area contributed by atoms with E-state index in [4.69, 9.17) is 13.7 Å². The Hall–Kier alpha value is -5.34. The van der Waals surface area contributed by atoms with Gasteiger partial charge in [-0.2, -0.15) is 46.7 Å². The van der Waals surface area contributed by atoms with E-state index in [1.54, 1.807) is 6.07 Å². The SMILES string of the molecule is COS(=O)(=O)c1cc(Nc2nc(NCCO)nc(N3CCOCC3)n2)ccc1/C=C/c1ccc(Nc2nc(NCCO)nc(N3CCOCC3)n2)cc1S(=O)(=O)O. The monoisotopic (exact) mass is 830 g/mol. The summed E-state index contributed by atoms with van der Waals surface area (Å²) in [4.78, 5) is 29.5. The molecule has 2 saturated heterocycles. The fraction of sp³-hybridized carbons (Fsp3) is 0.394. The molecule has 4 aromatic rings. The van der Waals surface area contributed by atoms with Crippen molar-refractivity contribution in [2.24, 2.45) is 0 Å². The van der Waals surface area contributed by atoms with Gasteiger partial charge in [-0.1, -0.05) is 24.3 Å². The number of ether oxygens (including phenoxy) is 2. The molecule has 24 heteroatoms. The molecule has 0 radical (unpaired) electrons. The molecule has 2 fully saturated rings. The third-order valence-electron chi connectivity index (χ3n) is 8.37. The first-order valence-corrected chi connectivity index (χ1v) is 20.5. The van der Waals surface area contributed by atoms with Crippen LogP contribution >= 0.6 is 0 Å². The minimum atomic E-state index is -4.81. The number of benzene rings is 2. The maximum Gasteiger partial charge on any atom is 0.297 e. The molecule has 0 unspecified atom stereocenters. The van der Waals surface area contributed by atoms with Crippen molar-refractivity contribution >= 4 is 79.5 Å². The first-order valence-electron chi connectivity index (χ1n) is 17.6. The molecule has 306 valence electrons. The van der Waals surface area contributed by atoms with Gasteiger partial charge in [0.05, 0.1) is 46.8 Å². The maximum absolute atomic E-state index is 13.2. The van der Waals surface area contributed by atoms with Gasteiger partial charge in [0.15, 0.2) is 0 Å². The minimum absolute atomic E-state index is 0.0321. The topological polar surface area (TPSA) is 289 Å². The highest BCUT2D eigenvalue weighted by Gasteiger charge is 2.22. The lowest BCUT2D eigenvalue weighted by Crippen LogP contribution is -2.37. The summed E-state index contributed by atoms with van der Waals surface area (Å²) in [6, 6.07) is 8.45. The Morgan fingerprint density at radius 3 is 1.51 bits per heavy atom. The van der Waals surface area contributed by atoms with E-state index in [2.05, 4.69) is 51.2 Å². The fourth-order valence-corrected chi connectivity index (χ4v) is 7.20. The molecular formula is C33H42N12O10S2. The third kappa shape index (κ3) is 11.0. The average molecular weight is 831 g/mol. The van der Waals surface area contributed by atoms with E-state index in [1.165, 1.54) is 42.5 Å². The summed E-state index contributed by atoms with van der Waals surface area (Å²) in [7, 11) is -8.13. The summed E-state index contributed by atoms with van der Waals surface area (Å²) in [5.74, 6) is 1.20.